The average molecular weight is 175 g/mol. The second kappa shape index (κ2) is 4.24. The van der Waals surface area contributed by atoms with Crippen LogP contribution >= 0.6 is 0 Å². The van der Waals surface area contributed by atoms with E-state index in [9.17, 15) is 0 Å². The maximum atomic E-state index is 5.95. The molecule has 1 aromatic rings. The summed E-state index contributed by atoms with van der Waals surface area (Å²) in [5.41, 5.74) is 9.77. The minimum atomic E-state index is 0.0943. The van der Waals surface area contributed by atoms with Crippen molar-refractivity contribution in [2.75, 3.05) is 0 Å². The fourth-order valence-electron chi connectivity index (χ4n) is 1.31. The first-order valence-corrected chi connectivity index (χ1v) is 4.58. The standard InChI is InChI=1S/C12H17N/c1-4-5-12(13)11-7-6-9(2)10(3)8-11/h4,6-8,12H,1,5,13H2,2-3H3/t12-/m0/s1. The van der Waals surface area contributed by atoms with Crippen molar-refractivity contribution >= 4 is 0 Å². The Labute approximate surface area is 80.3 Å². The van der Waals surface area contributed by atoms with Gasteiger partial charge in [-0.2, -0.15) is 0 Å². The maximum Gasteiger partial charge on any atom is 0.0329 e. The molecule has 0 amide bonds. The second-order valence-electron chi connectivity index (χ2n) is 3.47. The van der Waals surface area contributed by atoms with Crippen LogP contribution in [0.2, 0.25) is 0 Å². The summed E-state index contributed by atoms with van der Waals surface area (Å²) >= 11 is 0. The number of rotatable bonds is 3. The number of benzene rings is 1. The molecule has 1 aromatic carbocycles. The topological polar surface area (TPSA) is 26.0 Å². The maximum absolute atomic E-state index is 5.95. The smallest absolute Gasteiger partial charge is 0.0329 e. The Morgan fingerprint density at radius 3 is 2.62 bits per heavy atom. The van der Waals surface area contributed by atoms with Crippen LogP contribution in [0.1, 0.15) is 29.2 Å². The highest BCUT2D eigenvalue weighted by molar-refractivity contribution is 5.31. The Hall–Kier alpha value is -1.08. The van der Waals surface area contributed by atoms with Crippen LogP contribution in [0, 0.1) is 13.8 Å². The van der Waals surface area contributed by atoms with E-state index < -0.39 is 0 Å². The zero-order valence-corrected chi connectivity index (χ0v) is 8.38. The van der Waals surface area contributed by atoms with Crippen LogP contribution in [0.15, 0.2) is 30.9 Å². The van der Waals surface area contributed by atoms with E-state index in [1.807, 2.05) is 6.08 Å². The van der Waals surface area contributed by atoms with Gasteiger partial charge in [-0.25, -0.2) is 0 Å². The third-order valence-electron chi connectivity index (χ3n) is 2.38. The first-order valence-electron chi connectivity index (χ1n) is 4.58. The summed E-state index contributed by atoms with van der Waals surface area (Å²) in [5, 5.41) is 0. The third-order valence-corrected chi connectivity index (χ3v) is 2.38. The molecule has 0 aromatic heterocycles. The molecule has 0 heterocycles. The molecule has 2 N–H and O–H groups in total. The van der Waals surface area contributed by atoms with Crippen LogP contribution in [0.4, 0.5) is 0 Å². The van der Waals surface area contributed by atoms with Gasteiger partial charge in [-0.05, 0) is 37.0 Å². The molecule has 0 saturated carbocycles. The van der Waals surface area contributed by atoms with Crippen LogP contribution in [0.3, 0.4) is 0 Å². The molecule has 13 heavy (non-hydrogen) atoms. The van der Waals surface area contributed by atoms with Crippen LogP contribution < -0.4 is 5.73 Å². The van der Waals surface area contributed by atoms with E-state index in [0.29, 0.717) is 0 Å². The molecule has 0 aliphatic carbocycles. The molecule has 0 aliphatic rings. The highest BCUT2D eigenvalue weighted by atomic mass is 14.6. The van der Waals surface area contributed by atoms with Gasteiger partial charge in [-0.1, -0.05) is 24.3 Å². The molecule has 1 nitrogen and oxygen atoms in total. The van der Waals surface area contributed by atoms with Crippen molar-refractivity contribution in [3.8, 4) is 0 Å². The second-order valence-corrected chi connectivity index (χ2v) is 3.47. The number of hydrogen-bond donors (Lipinski definition) is 1. The van der Waals surface area contributed by atoms with Crippen molar-refractivity contribution in [2.24, 2.45) is 5.73 Å². The van der Waals surface area contributed by atoms with Crippen molar-refractivity contribution in [3.63, 3.8) is 0 Å². The van der Waals surface area contributed by atoms with Gasteiger partial charge in [-0.3, -0.25) is 0 Å². The molecule has 0 aliphatic heterocycles. The molecule has 0 bridgehead atoms. The van der Waals surface area contributed by atoms with Crippen molar-refractivity contribution in [3.05, 3.63) is 47.5 Å². The fourth-order valence-corrected chi connectivity index (χ4v) is 1.31. The van der Waals surface area contributed by atoms with Crippen molar-refractivity contribution in [1.82, 2.24) is 0 Å². The molecule has 0 spiro atoms. The zero-order valence-electron chi connectivity index (χ0n) is 8.38. The fraction of sp³-hybridized carbons (Fsp3) is 0.333. The Morgan fingerprint density at radius 1 is 1.38 bits per heavy atom. The van der Waals surface area contributed by atoms with E-state index in [0.717, 1.165) is 6.42 Å². The first kappa shape index (κ1) is 10.0. The SMILES string of the molecule is C=CC[C@H](N)c1ccc(C)c(C)c1. The minimum absolute atomic E-state index is 0.0943. The monoisotopic (exact) mass is 175 g/mol. The summed E-state index contributed by atoms with van der Waals surface area (Å²) in [5.74, 6) is 0. The Morgan fingerprint density at radius 2 is 2.08 bits per heavy atom. The predicted molar refractivity (Wildman–Crippen MR) is 57.7 cm³/mol. The lowest BCUT2D eigenvalue weighted by molar-refractivity contribution is 0.740. The van der Waals surface area contributed by atoms with Gasteiger partial charge in [0.15, 0.2) is 0 Å². The van der Waals surface area contributed by atoms with E-state index in [-0.39, 0.29) is 6.04 Å². The molecular weight excluding hydrogens is 158 g/mol. The summed E-state index contributed by atoms with van der Waals surface area (Å²) in [7, 11) is 0. The minimum Gasteiger partial charge on any atom is -0.324 e. The zero-order chi connectivity index (χ0) is 9.84. The summed E-state index contributed by atoms with van der Waals surface area (Å²) in [6.07, 6.45) is 2.70. The van der Waals surface area contributed by atoms with E-state index in [4.69, 9.17) is 5.73 Å². The highest BCUT2D eigenvalue weighted by Gasteiger charge is 2.04. The first-order chi connectivity index (χ1) is 6.15. The molecule has 0 fully saturated rings. The Balaban J connectivity index is 2.89. The number of aryl methyl sites for hydroxylation is 2. The van der Waals surface area contributed by atoms with E-state index in [1.165, 1.54) is 16.7 Å². The Bertz CT molecular complexity index is 302. The molecule has 0 radical (unpaired) electrons. The highest BCUT2D eigenvalue weighted by Crippen LogP contribution is 2.17. The molecule has 1 atom stereocenters. The lowest BCUT2D eigenvalue weighted by Gasteiger charge is -2.11. The van der Waals surface area contributed by atoms with Crippen LogP contribution in [-0.2, 0) is 0 Å². The summed E-state index contributed by atoms with van der Waals surface area (Å²) in [4.78, 5) is 0. The lowest BCUT2D eigenvalue weighted by Crippen LogP contribution is -2.09. The Kier molecular flexibility index (Phi) is 3.26. The summed E-state index contributed by atoms with van der Waals surface area (Å²) in [6.45, 7) is 7.91. The third kappa shape index (κ3) is 2.43. The molecular formula is C12H17N. The molecule has 0 unspecified atom stereocenters. The van der Waals surface area contributed by atoms with E-state index in [2.05, 4.69) is 38.6 Å². The number of nitrogens with two attached hydrogens (primary N) is 1. The van der Waals surface area contributed by atoms with Gasteiger partial charge in [0.25, 0.3) is 0 Å². The molecule has 70 valence electrons. The number of hydrogen-bond acceptors (Lipinski definition) is 1. The largest absolute Gasteiger partial charge is 0.324 e. The van der Waals surface area contributed by atoms with Gasteiger partial charge >= 0.3 is 0 Å². The van der Waals surface area contributed by atoms with Gasteiger partial charge in [0.05, 0.1) is 0 Å². The van der Waals surface area contributed by atoms with E-state index >= 15 is 0 Å². The normalized spacial score (nSPS) is 12.5. The molecule has 0 saturated heterocycles. The molecule has 1 rings (SSSR count). The lowest BCUT2D eigenvalue weighted by atomic mass is 10.00. The van der Waals surface area contributed by atoms with E-state index in [1.54, 1.807) is 0 Å². The van der Waals surface area contributed by atoms with Crippen molar-refractivity contribution in [2.45, 2.75) is 26.3 Å². The predicted octanol–water partition coefficient (Wildman–Crippen LogP) is 2.88. The average Bonchev–Trinajstić information content (AvgIpc) is 2.10. The van der Waals surface area contributed by atoms with Crippen LogP contribution in [0.5, 0.6) is 0 Å². The van der Waals surface area contributed by atoms with Crippen LogP contribution in [0.25, 0.3) is 0 Å². The van der Waals surface area contributed by atoms with Gasteiger partial charge in [0.1, 0.15) is 0 Å². The van der Waals surface area contributed by atoms with Gasteiger partial charge in [-0.15, -0.1) is 6.58 Å². The van der Waals surface area contributed by atoms with Crippen LogP contribution in [-0.4, -0.2) is 0 Å². The van der Waals surface area contributed by atoms with Gasteiger partial charge in [0, 0.05) is 6.04 Å². The summed E-state index contributed by atoms with van der Waals surface area (Å²) < 4.78 is 0. The molecule has 1 heteroatoms. The van der Waals surface area contributed by atoms with Crippen molar-refractivity contribution < 1.29 is 0 Å². The quantitative estimate of drug-likeness (QED) is 0.702. The van der Waals surface area contributed by atoms with Gasteiger partial charge in [0.2, 0.25) is 0 Å². The summed E-state index contributed by atoms with van der Waals surface area (Å²) in [6, 6.07) is 6.46. The van der Waals surface area contributed by atoms with Crippen molar-refractivity contribution in [1.29, 1.82) is 0 Å². The van der Waals surface area contributed by atoms with Gasteiger partial charge < -0.3 is 5.73 Å².